The maximum Gasteiger partial charge on any atom is 0.328 e. The Morgan fingerprint density at radius 2 is 1.65 bits per heavy atom. The summed E-state index contributed by atoms with van der Waals surface area (Å²) >= 11 is 0. The lowest BCUT2D eigenvalue weighted by atomic mass is 9.96. The molecule has 0 aromatic heterocycles. The third-order valence-corrected chi connectivity index (χ3v) is 3.88. The van der Waals surface area contributed by atoms with Crippen LogP contribution < -0.4 is 10.1 Å². The molecule has 0 heterocycles. The smallest absolute Gasteiger partial charge is 0.328 e. The molecule has 0 aliphatic heterocycles. The first-order chi connectivity index (χ1) is 11.0. The van der Waals surface area contributed by atoms with Gasteiger partial charge in [-0.2, -0.15) is 0 Å². The lowest BCUT2D eigenvalue weighted by Crippen LogP contribution is -2.41. The molecule has 0 aliphatic rings. The van der Waals surface area contributed by atoms with Crippen molar-refractivity contribution >= 4 is 22.6 Å². The van der Waals surface area contributed by atoms with E-state index in [1.165, 1.54) is 7.11 Å². The molecule has 5 heteroatoms. The first-order valence-electron chi connectivity index (χ1n) is 7.42. The first-order valence-corrected chi connectivity index (χ1v) is 7.42. The molecule has 0 spiro atoms. The fourth-order valence-electron chi connectivity index (χ4n) is 2.36. The molecule has 0 saturated heterocycles. The largest absolute Gasteiger partial charge is 0.497 e. The van der Waals surface area contributed by atoms with Crippen molar-refractivity contribution in [2.45, 2.75) is 25.8 Å². The van der Waals surface area contributed by atoms with Gasteiger partial charge in [0, 0.05) is 0 Å². The van der Waals surface area contributed by atoms with Crippen LogP contribution in [0.1, 0.15) is 25.3 Å². The van der Waals surface area contributed by atoms with Crippen LogP contribution in [0.3, 0.4) is 0 Å². The van der Waals surface area contributed by atoms with Gasteiger partial charge in [-0.15, -0.1) is 0 Å². The van der Waals surface area contributed by atoms with Crippen LogP contribution in [0.5, 0.6) is 5.75 Å². The molecule has 2 rings (SSSR count). The van der Waals surface area contributed by atoms with E-state index < -0.39 is 12.0 Å². The number of hydrogen-bond acceptors (Lipinski definition) is 4. The molecule has 2 aromatic rings. The van der Waals surface area contributed by atoms with E-state index in [4.69, 9.17) is 4.74 Å². The van der Waals surface area contributed by atoms with Crippen LogP contribution in [0.2, 0.25) is 0 Å². The lowest BCUT2D eigenvalue weighted by molar-refractivity contribution is -0.144. The number of nitrogens with one attached hydrogen (secondary N) is 1. The fraction of sp³-hybridized carbons (Fsp3) is 0.333. The van der Waals surface area contributed by atoms with Gasteiger partial charge in [0.2, 0.25) is 5.91 Å². The number of carbonyl (C=O) groups is 2. The molecule has 2 atom stereocenters. The molecule has 0 aliphatic carbocycles. The van der Waals surface area contributed by atoms with E-state index >= 15 is 0 Å². The van der Waals surface area contributed by atoms with E-state index in [1.54, 1.807) is 14.0 Å². The van der Waals surface area contributed by atoms with Crippen molar-refractivity contribution in [1.82, 2.24) is 5.32 Å². The Labute approximate surface area is 135 Å². The summed E-state index contributed by atoms with van der Waals surface area (Å²) in [5, 5.41) is 4.74. The van der Waals surface area contributed by atoms with Gasteiger partial charge in [0.25, 0.3) is 0 Å². The zero-order valence-electron chi connectivity index (χ0n) is 13.8. The molecule has 1 N–H and O–H groups in total. The van der Waals surface area contributed by atoms with E-state index in [0.29, 0.717) is 0 Å². The third-order valence-electron chi connectivity index (χ3n) is 3.88. The minimum absolute atomic E-state index is 0.212. The van der Waals surface area contributed by atoms with Crippen LogP contribution in [0.25, 0.3) is 10.8 Å². The molecule has 23 heavy (non-hydrogen) atoms. The number of hydrogen-bond donors (Lipinski definition) is 1. The Morgan fingerprint density at radius 3 is 2.30 bits per heavy atom. The highest BCUT2D eigenvalue weighted by atomic mass is 16.5. The zero-order chi connectivity index (χ0) is 17.0. The normalized spacial score (nSPS) is 13.2. The van der Waals surface area contributed by atoms with Crippen LogP contribution in [-0.4, -0.2) is 32.1 Å². The highest BCUT2D eigenvalue weighted by Crippen LogP contribution is 2.25. The highest BCUT2D eigenvalue weighted by Gasteiger charge is 2.21. The van der Waals surface area contributed by atoms with Gasteiger partial charge in [0.05, 0.1) is 20.1 Å². The van der Waals surface area contributed by atoms with E-state index in [0.717, 1.165) is 22.1 Å². The minimum Gasteiger partial charge on any atom is -0.497 e. The average Bonchev–Trinajstić information content (AvgIpc) is 2.59. The summed E-state index contributed by atoms with van der Waals surface area (Å²) in [7, 11) is 2.93. The minimum atomic E-state index is -0.667. The van der Waals surface area contributed by atoms with Crippen molar-refractivity contribution in [3.8, 4) is 5.75 Å². The molecule has 0 bridgehead atoms. The van der Waals surface area contributed by atoms with Crippen LogP contribution in [-0.2, 0) is 14.3 Å². The Hall–Kier alpha value is -2.56. The summed E-state index contributed by atoms with van der Waals surface area (Å²) in [5.74, 6) is -0.247. The number of ether oxygens (including phenoxy) is 2. The van der Waals surface area contributed by atoms with Crippen LogP contribution in [0.15, 0.2) is 36.4 Å². The number of esters is 1. The molecular formula is C18H21NO4. The quantitative estimate of drug-likeness (QED) is 0.862. The number of fused-ring (bicyclic) bond motifs is 1. The average molecular weight is 315 g/mol. The maximum atomic E-state index is 12.3. The highest BCUT2D eigenvalue weighted by molar-refractivity contribution is 5.90. The third kappa shape index (κ3) is 3.80. The fourth-order valence-corrected chi connectivity index (χ4v) is 2.36. The number of amides is 1. The molecule has 0 radical (unpaired) electrons. The van der Waals surface area contributed by atoms with Crippen LogP contribution in [0.4, 0.5) is 0 Å². The summed E-state index contributed by atoms with van der Waals surface area (Å²) in [4.78, 5) is 23.7. The van der Waals surface area contributed by atoms with Crippen molar-refractivity contribution in [2.24, 2.45) is 0 Å². The number of rotatable bonds is 5. The predicted molar refractivity (Wildman–Crippen MR) is 88.5 cm³/mol. The Balaban J connectivity index is 2.18. The summed E-state index contributed by atoms with van der Waals surface area (Å²) in [6, 6.07) is 11.0. The summed E-state index contributed by atoms with van der Waals surface area (Å²) in [5.41, 5.74) is 0.886. The SMILES string of the molecule is COC(=O)C(C)NC(=O)C(C)c1ccc2cc(OC)ccc2c1. The molecule has 2 aromatic carbocycles. The van der Waals surface area contributed by atoms with E-state index in [2.05, 4.69) is 10.1 Å². The molecule has 122 valence electrons. The molecular weight excluding hydrogens is 294 g/mol. The van der Waals surface area contributed by atoms with Gasteiger partial charge in [-0.1, -0.05) is 24.3 Å². The van der Waals surface area contributed by atoms with E-state index in [9.17, 15) is 9.59 Å². The Bertz CT molecular complexity index is 726. The van der Waals surface area contributed by atoms with Gasteiger partial charge in [0.15, 0.2) is 0 Å². The van der Waals surface area contributed by atoms with Gasteiger partial charge in [0.1, 0.15) is 11.8 Å². The molecule has 0 saturated carbocycles. The van der Waals surface area contributed by atoms with Gasteiger partial charge in [-0.05, 0) is 42.3 Å². The van der Waals surface area contributed by atoms with Gasteiger partial charge < -0.3 is 14.8 Å². The Kier molecular flexibility index (Phi) is 5.21. The first kappa shape index (κ1) is 16.8. The predicted octanol–water partition coefficient (Wildman–Crippen LogP) is 2.63. The van der Waals surface area contributed by atoms with E-state index in [1.807, 2.05) is 43.3 Å². The summed E-state index contributed by atoms with van der Waals surface area (Å²) < 4.78 is 9.82. The van der Waals surface area contributed by atoms with Crippen molar-refractivity contribution < 1.29 is 19.1 Å². The lowest BCUT2D eigenvalue weighted by Gasteiger charge is -2.16. The number of benzene rings is 2. The van der Waals surface area contributed by atoms with Gasteiger partial charge >= 0.3 is 5.97 Å². The standard InChI is InChI=1S/C18H21NO4/c1-11(17(20)19-12(2)18(21)23-4)13-5-6-15-10-16(22-3)8-7-14(15)9-13/h5-12H,1-4H3,(H,19,20). The second-order valence-electron chi connectivity index (χ2n) is 5.45. The molecule has 5 nitrogen and oxygen atoms in total. The van der Waals surface area contributed by atoms with Gasteiger partial charge in [-0.3, -0.25) is 4.79 Å². The Morgan fingerprint density at radius 1 is 1.00 bits per heavy atom. The van der Waals surface area contributed by atoms with Crippen molar-refractivity contribution in [1.29, 1.82) is 0 Å². The van der Waals surface area contributed by atoms with Crippen LogP contribution >= 0.6 is 0 Å². The second kappa shape index (κ2) is 7.13. The second-order valence-corrected chi connectivity index (χ2v) is 5.45. The zero-order valence-corrected chi connectivity index (χ0v) is 13.8. The van der Waals surface area contributed by atoms with Crippen LogP contribution in [0, 0.1) is 0 Å². The van der Waals surface area contributed by atoms with Gasteiger partial charge in [-0.25, -0.2) is 4.79 Å². The van der Waals surface area contributed by atoms with Crippen molar-refractivity contribution in [2.75, 3.05) is 14.2 Å². The summed E-state index contributed by atoms with van der Waals surface area (Å²) in [6.07, 6.45) is 0. The van der Waals surface area contributed by atoms with Crippen molar-refractivity contribution in [3.05, 3.63) is 42.0 Å². The molecule has 1 amide bonds. The van der Waals surface area contributed by atoms with E-state index in [-0.39, 0.29) is 11.8 Å². The number of carbonyl (C=O) groups excluding carboxylic acids is 2. The molecule has 2 unspecified atom stereocenters. The monoisotopic (exact) mass is 315 g/mol. The number of methoxy groups -OCH3 is 2. The maximum absolute atomic E-state index is 12.3. The summed E-state index contributed by atoms with van der Waals surface area (Å²) in [6.45, 7) is 3.41. The topological polar surface area (TPSA) is 64.6 Å². The van der Waals surface area contributed by atoms with Crippen molar-refractivity contribution in [3.63, 3.8) is 0 Å². The molecule has 0 fully saturated rings.